The Balaban J connectivity index is 1.40. The highest BCUT2D eigenvalue weighted by Crippen LogP contribution is 2.38. The number of rotatable bonds is 9. The zero-order chi connectivity index (χ0) is 31.5. The van der Waals surface area contributed by atoms with Crippen LogP contribution in [0.5, 0.6) is 5.88 Å². The highest BCUT2D eigenvalue weighted by molar-refractivity contribution is 6.36. The average molecular weight is 616 g/mol. The molecule has 5 rings (SSSR count). The van der Waals surface area contributed by atoms with Gasteiger partial charge in [-0.05, 0) is 49.1 Å². The van der Waals surface area contributed by atoms with E-state index in [9.17, 15) is 19.2 Å². The third kappa shape index (κ3) is 6.22. The number of aromatic nitrogens is 3. The van der Waals surface area contributed by atoms with Crippen molar-refractivity contribution in [3.63, 3.8) is 0 Å². The topological polar surface area (TPSA) is 124 Å². The van der Waals surface area contributed by atoms with Crippen LogP contribution in [0, 0.1) is 12.8 Å². The second-order valence-electron chi connectivity index (χ2n) is 11.0. The molecule has 0 radical (unpaired) electrons. The number of pyridine rings is 1. The number of carbonyl (C=O) groups excluding carboxylic acids is 2. The van der Waals surface area contributed by atoms with Crippen molar-refractivity contribution in [2.75, 3.05) is 19.0 Å². The summed E-state index contributed by atoms with van der Waals surface area (Å²) in [6.07, 6.45) is 3.47. The van der Waals surface area contributed by atoms with E-state index < -0.39 is 17.2 Å². The van der Waals surface area contributed by atoms with Crippen LogP contribution in [0.3, 0.4) is 0 Å². The highest BCUT2D eigenvalue weighted by atomic mass is 35.5. The summed E-state index contributed by atoms with van der Waals surface area (Å²) in [6.45, 7) is 3.34. The predicted molar refractivity (Wildman–Crippen MR) is 170 cm³/mol. The molecule has 1 atom stereocenters. The van der Waals surface area contributed by atoms with Gasteiger partial charge in [0, 0.05) is 56.4 Å². The zero-order valence-electron chi connectivity index (χ0n) is 25.1. The average Bonchev–Trinajstić information content (AvgIpc) is 3.44. The minimum atomic E-state index is -0.698. The first-order valence-electron chi connectivity index (χ1n) is 14.3. The molecule has 1 amide bonds. The quantitative estimate of drug-likeness (QED) is 0.284. The van der Waals surface area contributed by atoms with Gasteiger partial charge in [0.1, 0.15) is 11.3 Å². The molecule has 1 saturated carbocycles. The van der Waals surface area contributed by atoms with Crippen LogP contribution in [-0.2, 0) is 25.4 Å². The minimum absolute atomic E-state index is 0.179. The number of aryl methyl sites for hydroxylation is 1. The summed E-state index contributed by atoms with van der Waals surface area (Å²) in [7, 11) is 4.39. The fraction of sp³-hybridized carbons (Fsp3) is 0.303. The first kappa shape index (κ1) is 30.9. The number of ether oxygens (including phenoxy) is 1. The number of Topliss-reactive ketones (excluding diaryl/α,β-unsaturated/α-hetero) is 1. The molecule has 228 valence electrons. The Hall–Kier alpha value is -4.54. The molecule has 0 spiro atoms. The number of amides is 1. The van der Waals surface area contributed by atoms with Gasteiger partial charge in [-0.3, -0.25) is 19.0 Å². The lowest BCUT2D eigenvalue weighted by atomic mass is 9.94. The molecular formula is C33H34ClN5O5. The molecule has 2 N–H and O–H groups in total. The summed E-state index contributed by atoms with van der Waals surface area (Å²) in [5, 5.41) is 6.46. The van der Waals surface area contributed by atoms with E-state index >= 15 is 0 Å². The van der Waals surface area contributed by atoms with Gasteiger partial charge in [0.2, 0.25) is 5.88 Å². The van der Waals surface area contributed by atoms with Crippen molar-refractivity contribution in [1.82, 2.24) is 19.4 Å². The molecule has 11 heteroatoms. The van der Waals surface area contributed by atoms with Crippen LogP contribution < -0.4 is 26.6 Å². The number of nitrogens with one attached hydrogen (secondary N) is 2. The molecule has 2 aromatic heterocycles. The van der Waals surface area contributed by atoms with E-state index in [2.05, 4.69) is 10.6 Å². The minimum Gasteiger partial charge on any atom is -0.481 e. The van der Waals surface area contributed by atoms with Crippen molar-refractivity contribution in [1.29, 1.82) is 0 Å². The molecule has 0 bridgehead atoms. The summed E-state index contributed by atoms with van der Waals surface area (Å²) in [4.78, 5) is 54.0. The molecule has 1 aliphatic carbocycles. The maximum Gasteiger partial charge on any atom is 0.330 e. The number of hydrogen-bond donors (Lipinski definition) is 2. The van der Waals surface area contributed by atoms with Gasteiger partial charge in [0.05, 0.1) is 23.5 Å². The number of halogens is 1. The van der Waals surface area contributed by atoms with E-state index in [0.29, 0.717) is 53.2 Å². The smallest absolute Gasteiger partial charge is 0.330 e. The maximum atomic E-state index is 13.1. The molecule has 44 heavy (non-hydrogen) atoms. The first-order valence-corrected chi connectivity index (χ1v) is 14.7. The number of nitrogens with zero attached hydrogens (tertiary/aromatic N) is 3. The standard InChI is InChI=1S/C33H34ClN5O5/c1-19-23(25-9-6-10-28(29(25)34)36-30(41)26-18-38(2)33(43)39(3)32(26)42)7-5-8-24(19)27-14-12-21(31(37-27)44-4)17-35-16-20-11-13-22(40)15-20/h5-10,12,14,18,20,35H,11,13,15-17H2,1-4H3,(H,36,41)/t20-/m1/s1. The van der Waals surface area contributed by atoms with Crippen LogP contribution >= 0.6 is 11.6 Å². The van der Waals surface area contributed by atoms with Crippen LogP contribution in [0.25, 0.3) is 22.4 Å². The summed E-state index contributed by atoms with van der Waals surface area (Å²) in [6, 6.07) is 15.1. The number of carbonyl (C=O) groups is 2. The summed E-state index contributed by atoms with van der Waals surface area (Å²) >= 11 is 6.83. The van der Waals surface area contributed by atoms with Crippen LogP contribution in [0.15, 0.2) is 64.3 Å². The molecule has 1 fully saturated rings. The number of hydrogen-bond acceptors (Lipinski definition) is 7. The van der Waals surface area contributed by atoms with Gasteiger partial charge in [0.15, 0.2) is 0 Å². The van der Waals surface area contributed by atoms with E-state index in [0.717, 1.165) is 45.5 Å². The largest absolute Gasteiger partial charge is 0.481 e. The SMILES string of the molecule is COc1nc(-c2cccc(-c3cccc(NC(=O)c4cn(C)c(=O)n(C)c4=O)c3Cl)c2C)ccc1CNC[C@@H]1CCC(=O)C1. The van der Waals surface area contributed by atoms with Crippen molar-refractivity contribution in [2.45, 2.75) is 32.7 Å². The van der Waals surface area contributed by atoms with Gasteiger partial charge in [-0.25, -0.2) is 9.78 Å². The predicted octanol–water partition coefficient (Wildman–Crippen LogP) is 4.49. The fourth-order valence-electron chi connectivity index (χ4n) is 5.60. The Kier molecular flexibility index (Phi) is 9.12. The molecule has 10 nitrogen and oxygen atoms in total. The summed E-state index contributed by atoms with van der Waals surface area (Å²) in [5.41, 5.74) is 3.94. The lowest BCUT2D eigenvalue weighted by molar-refractivity contribution is -0.117. The molecule has 0 unspecified atom stereocenters. The molecule has 0 aliphatic heterocycles. The second kappa shape index (κ2) is 13.0. The Labute approximate surface area is 259 Å². The van der Waals surface area contributed by atoms with Crippen LogP contribution in [0.4, 0.5) is 5.69 Å². The van der Waals surface area contributed by atoms with Gasteiger partial charge in [-0.15, -0.1) is 0 Å². The molecule has 0 saturated heterocycles. The maximum absolute atomic E-state index is 13.1. The van der Waals surface area contributed by atoms with E-state index in [1.807, 2.05) is 43.3 Å². The van der Waals surface area contributed by atoms with Crippen LogP contribution in [0.1, 0.15) is 40.7 Å². The normalized spacial score (nSPS) is 14.6. The molecule has 4 aromatic rings. The third-order valence-corrected chi connectivity index (χ3v) is 8.47. The first-order chi connectivity index (χ1) is 21.1. The highest BCUT2D eigenvalue weighted by Gasteiger charge is 2.22. The van der Waals surface area contributed by atoms with Crippen molar-refractivity contribution in [2.24, 2.45) is 20.0 Å². The second-order valence-corrected chi connectivity index (χ2v) is 11.4. The zero-order valence-corrected chi connectivity index (χ0v) is 25.8. The summed E-state index contributed by atoms with van der Waals surface area (Å²) in [5.74, 6) is 0.567. The Morgan fingerprint density at radius 2 is 1.77 bits per heavy atom. The van der Waals surface area contributed by atoms with Gasteiger partial charge < -0.3 is 19.9 Å². The Morgan fingerprint density at radius 3 is 2.50 bits per heavy atom. The van der Waals surface area contributed by atoms with E-state index in [-0.39, 0.29) is 5.56 Å². The summed E-state index contributed by atoms with van der Waals surface area (Å²) < 4.78 is 7.69. The van der Waals surface area contributed by atoms with E-state index in [1.165, 1.54) is 24.9 Å². The van der Waals surface area contributed by atoms with Crippen molar-refractivity contribution in [3.05, 3.63) is 97.3 Å². The molecule has 1 aliphatic rings. The lowest BCUT2D eigenvalue weighted by Gasteiger charge is -2.16. The number of anilines is 1. The van der Waals surface area contributed by atoms with Gasteiger partial charge >= 0.3 is 5.69 Å². The van der Waals surface area contributed by atoms with Crippen molar-refractivity contribution >= 4 is 29.0 Å². The monoisotopic (exact) mass is 615 g/mol. The van der Waals surface area contributed by atoms with Crippen molar-refractivity contribution < 1.29 is 14.3 Å². The van der Waals surface area contributed by atoms with Crippen LogP contribution in [-0.4, -0.2) is 39.5 Å². The van der Waals surface area contributed by atoms with Gasteiger partial charge in [-0.1, -0.05) is 48.0 Å². The fourth-order valence-corrected chi connectivity index (χ4v) is 5.88. The molecular weight excluding hydrogens is 582 g/mol. The lowest BCUT2D eigenvalue weighted by Crippen LogP contribution is -2.40. The van der Waals surface area contributed by atoms with Crippen molar-refractivity contribution in [3.8, 4) is 28.3 Å². The number of methoxy groups -OCH3 is 1. The molecule has 2 heterocycles. The number of ketones is 1. The van der Waals surface area contributed by atoms with Crippen LogP contribution in [0.2, 0.25) is 5.02 Å². The van der Waals surface area contributed by atoms with E-state index in [4.69, 9.17) is 21.3 Å². The molecule has 2 aromatic carbocycles. The van der Waals surface area contributed by atoms with Gasteiger partial charge in [0.25, 0.3) is 11.5 Å². The number of benzene rings is 2. The third-order valence-electron chi connectivity index (χ3n) is 8.07. The Bertz CT molecular complexity index is 1880. The van der Waals surface area contributed by atoms with Gasteiger partial charge in [-0.2, -0.15) is 0 Å². The van der Waals surface area contributed by atoms with E-state index in [1.54, 1.807) is 19.2 Å². The Morgan fingerprint density at radius 1 is 1.05 bits per heavy atom.